The van der Waals surface area contributed by atoms with Crippen molar-refractivity contribution in [1.29, 1.82) is 0 Å². The molecule has 0 saturated carbocycles. The zero-order chi connectivity index (χ0) is 10.6. The lowest BCUT2D eigenvalue weighted by Gasteiger charge is -2.11. The van der Waals surface area contributed by atoms with Crippen molar-refractivity contribution in [2.75, 3.05) is 11.9 Å². The number of alkyl halides is 1. The summed E-state index contributed by atoms with van der Waals surface area (Å²) in [5, 5.41) is 0.862. The molecular formula is C11H14BrFO. The van der Waals surface area contributed by atoms with E-state index < -0.39 is 0 Å². The average molecular weight is 261 g/mol. The zero-order valence-corrected chi connectivity index (χ0v) is 9.97. The van der Waals surface area contributed by atoms with Gasteiger partial charge in [-0.3, -0.25) is 0 Å². The highest BCUT2D eigenvalue weighted by molar-refractivity contribution is 9.09. The third kappa shape index (κ3) is 3.29. The number of hydrogen-bond donors (Lipinski definition) is 0. The monoisotopic (exact) mass is 260 g/mol. The number of benzene rings is 1. The summed E-state index contributed by atoms with van der Waals surface area (Å²) >= 11 is 3.35. The fourth-order valence-corrected chi connectivity index (χ4v) is 1.18. The van der Waals surface area contributed by atoms with Crippen LogP contribution < -0.4 is 4.74 Å². The second-order valence-electron chi connectivity index (χ2n) is 3.50. The van der Waals surface area contributed by atoms with E-state index in [9.17, 15) is 4.39 Å². The summed E-state index contributed by atoms with van der Waals surface area (Å²) in [6, 6.07) is 4.88. The Morgan fingerprint density at radius 3 is 2.86 bits per heavy atom. The SMILES string of the molecule is Cc1ccc(F)c(OCC(C)CBr)c1. The second-order valence-corrected chi connectivity index (χ2v) is 4.15. The van der Waals surface area contributed by atoms with Crippen LogP contribution in [0.2, 0.25) is 0 Å². The first-order valence-corrected chi connectivity index (χ1v) is 5.70. The molecule has 0 heterocycles. The highest BCUT2D eigenvalue weighted by atomic mass is 79.9. The van der Waals surface area contributed by atoms with Crippen molar-refractivity contribution in [2.45, 2.75) is 13.8 Å². The van der Waals surface area contributed by atoms with Gasteiger partial charge in [0.05, 0.1) is 6.61 Å². The summed E-state index contributed by atoms with van der Waals surface area (Å²) in [6.07, 6.45) is 0. The smallest absolute Gasteiger partial charge is 0.165 e. The van der Waals surface area contributed by atoms with Gasteiger partial charge in [-0.2, -0.15) is 0 Å². The van der Waals surface area contributed by atoms with Gasteiger partial charge in [0.2, 0.25) is 0 Å². The van der Waals surface area contributed by atoms with Crippen LogP contribution >= 0.6 is 15.9 Å². The Morgan fingerprint density at radius 2 is 2.21 bits per heavy atom. The van der Waals surface area contributed by atoms with Crippen molar-refractivity contribution in [3.63, 3.8) is 0 Å². The molecule has 14 heavy (non-hydrogen) atoms. The van der Waals surface area contributed by atoms with Gasteiger partial charge in [0.25, 0.3) is 0 Å². The van der Waals surface area contributed by atoms with Crippen LogP contribution in [0.25, 0.3) is 0 Å². The Morgan fingerprint density at radius 1 is 1.50 bits per heavy atom. The molecule has 0 bridgehead atoms. The maximum atomic E-state index is 13.2. The van der Waals surface area contributed by atoms with Gasteiger partial charge in [0.1, 0.15) is 0 Å². The maximum Gasteiger partial charge on any atom is 0.165 e. The van der Waals surface area contributed by atoms with Crippen LogP contribution in [0.3, 0.4) is 0 Å². The molecule has 0 fully saturated rings. The fraction of sp³-hybridized carbons (Fsp3) is 0.455. The largest absolute Gasteiger partial charge is 0.490 e. The van der Waals surface area contributed by atoms with E-state index in [-0.39, 0.29) is 5.82 Å². The summed E-state index contributed by atoms with van der Waals surface area (Å²) in [5.74, 6) is 0.435. The molecule has 0 aliphatic heterocycles. The Bertz CT molecular complexity index is 301. The van der Waals surface area contributed by atoms with Gasteiger partial charge < -0.3 is 4.74 Å². The molecule has 1 aromatic rings. The number of hydrogen-bond acceptors (Lipinski definition) is 1. The van der Waals surface area contributed by atoms with Crippen LogP contribution in [0.5, 0.6) is 5.75 Å². The first kappa shape index (κ1) is 11.5. The molecule has 0 aliphatic rings. The van der Waals surface area contributed by atoms with E-state index in [1.807, 2.05) is 13.8 Å². The molecule has 1 unspecified atom stereocenters. The topological polar surface area (TPSA) is 9.23 Å². The minimum absolute atomic E-state index is 0.294. The van der Waals surface area contributed by atoms with Crippen molar-refractivity contribution >= 4 is 15.9 Å². The van der Waals surface area contributed by atoms with Crippen LogP contribution in [-0.4, -0.2) is 11.9 Å². The molecule has 0 aromatic heterocycles. The maximum absolute atomic E-state index is 13.2. The molecular weight excluding hydrogens is 247 g/mol. The lowest BCUT2D eigenvalue weighted by molar-refractivity contribution is 0.262. The number of rotatable bonds is 4. The summed E-state index contributed by atoms with van der Waals surface area (Å²) in [4.78, 5) is 0. The third-order valence-electron chi connectivity index (χ3n) is 1.87. The molecule has 1 aromatic carbocycles. The lowest BCUT2D eigenvalue weighted by Crippen LogP contribution is -2.10. The molecule has 0 saturated heterocycles. The predicted molar refractivity (Wildman–Crippen MR) is 59.6 cm³/mol. The first-order chi connectivity index (χ1) is 6.63. The molecule has 0 spiro atoms. The Kier molecular flexibility index (Phi) is 4.39. The molecule has 78 valence electrons. The number of halogens is 2. The van der Waals surface area contributed by atoms with E-state index in [0.717, 1.165) is 10.9 Å². The molecule has 0 amide bonds. The van der Waals surface area contributed by atoms with E-state index in [2.05, 4.69) is 15.9 Å². The third-order valence-corrected chi connectivity index (χ3v) is 2.98. The van der Waals surface area contributed by atoms with Gasteiger partial charge in [-0.25, -0.2) is 4.39 Å². The second kappa shape index (κ2) is 5.35. The average Bonchev–Trinajstić information content (AvgIpc) is 2.19. The number of aryl methyl sites for hydroxylation is 1. The van der Waals surface area contributed by atoms with Gasteiger partial charge in [-0.15, -0.1) is 0 Å². The molecule has 3 heteroatoms. The van der Waals surface area contributed by atoms with Gasteiger partial charge in [0, 0.05) is 5.33 Å². The quantitative estimate of drug-likeness (QED) is 0.753. The normalized spacial score (nSPS) is 12.6. The molecule has 0 aliphatic carbocycles. The highest BCUT2D eigenvalue weighted by Crippen LogP contribution is 2.19. The van der Waals surface area contributed by atoms with Gasteiger partial charge in [-0.1, -0.05) is 28.9 Å². The first-order valence-electron chi connectivity index (χ1n) is 4.58. The van der Waals surface area contributed by atoms with Gasteiger partial charge in [-0.05, 0) is 30.5 Å². The van der Waals surface area contributed by atoms with Crippen LogP contribution in [0.4, 0.5) is 4.39 Å². The molecule has 1 nitrogen and oxygen atoms in total. The fourth-order valence-electron chi connectivity index (χ4n) is 0.998. The Balaban J connectivity index is 2.62. The van der Waals surface area contributed by atoms with E-state index in [1.165, 1.54) is 6.07 Å². The van der Waals surface area contributed by atoms with Crippen molar-refractivity contribution in [3.05, 3.63) is 29.6 Å². The molecule has 1 atom stereocenters. The minimum Gasteiger partial charge on any atom is -0.490 e. The Labute approximate surface area is 92.4 Å². The van der Waals surface area contributed by atoms with Crippen LogP contribution in [0.15, 0.2) is 18.2 Å². The summed E-state index contributed by atoms with van der Waals surface area (Å²) in [6.45, 7) is 4.49. The molecule has 0 radical (unpaired) electrons. The summed E-state index contributed by atoms with van der Waals surface area (Å²) < 4.78 is 18.6. The van der Waals surface area contributed by atoms with Crippen molar-refractivity contribution in [2.24, 2.45) is 5.92 Å². The molecule has 1 rings (SSSR count). The van der Waals surface area contributed by atoms with Gasteiger partial charge >= 0.3 is 0 Å². The summed E-state index contributed by atoms with van der Waals surface area (Å²) in [7, 11) is 0. The minimum atomic E-state index is -0.294. The van der Waals surface area contributed by atoms with E-state index in [0.29, 0.717) is 18.3 Å². The van der Waals surface area contributed by atoms with Crippen molar-refractivity contribution in [3.8, 4) is 5.75 Å². The zero-order valence-electron chi connectivity index (χ0n) is 8.39. The van der Waals surface area contributed by atoms with Crippen LogP contribution in [0.1, 0.15) is 12.5 Å². The van der Waals surface area contributed by atoms with Crippen LogP contribution in [0, 0.1) is 18.7 Å². The van der Waals surface area contributed by atoms with E-state index >= 15 is 0 Å². The number of ether oxygens (including phenoxy) is 1. The standard InChI is InChI=1S/C11H14BrFO/c1-8-3-4-10(13)11(5-8)14-7-9(2)6-12/h3-5,9H,6-7H2,1-2H3. The summed E-state index contributed by atoms with van der Waals surface area (Å²) in [5.41, 5.74) is 1.01. The van der Waals surface area contributed by atoms with Crippen molar-refractivity contribution in [1.82, 2.24) is 0 Å². The highest BCUT2D eigenvalue weighted by Gasteiger charge is 2.05. The molecule has 0 N–H and O–H groups in total. The predicted octanol–water partition coefficient (Wildman–Crippen LogP) is 3.54. The van der Waals surface area contributed by atoms with Crippen molar-refractivity contribution < 1.29 is 9.13 Å². The Hall–Kier alpha value is -0.570. The lowest BCUT2D eigenvalue weighted by atomic mass is 10.2. The van der Waals surface area contributed by atoms with E-state index in [4.69, 9.17) is 4.74 Å². The van der Waals surface area contributed by atoms with Gasteiger partial charge in [0.15, 0.2) is 11.6 Å². The van der Waals surface area contributed by atoms with E-state index in [1.54, 1.807) is 12.1 Å². The van der Waals surface area contributed by atoms with Crippen LogP contribution in [-0.2, 0) is 0 Å².